The third-order valence-electron chi connectivity index (χ3n) is 4.37. The molecule has 0 amide bonds. The first kappa shape index (κ1) is 11.4. The first-order chi connectivity index (χ1) is 7.04. The number of likely N-dealkylation sites (N-methyl/N-ethyl adjacent to an activating group) is 1. The van der Waals surface area contributed by atoms with E-state index in [0.29, 0.717) is 5.54 Å². The molecule has 0 unspecified atom stereocenters. The van der Waals surface area contributed by atoms with Crippen LogP contribution >= 0.6 is 0 Å². The van der Waals surface area contributed by atoms with Crippen molar-refractivity contribution >= 4 is 0 Å². The molecule has 2 aliphatic heterocycles. The van der Waals surface area contributed by atoms with Crippen LogP contribution in [0, 0.1) is 5.92 Å². The quantitative estimate of drug-likeness (QED) is 0.704. The first-order valence-electron chi connectivity index (χ1n) is 6.50. The second-order valence-electron chi connectivity index (χ2n) is 6.09. The third-order valence-corrected chi connectivity index (χ3v) is 4.37. The highest BCUT2D eigenvalue weighted by Crippen LogP contribution is 2.37. The lowest BCUT2D eigenvalue weighted by Gasteiger charge is -2.39. The lowest BCUT2D eigenvalue weighted by Crippen LogP contribution is -2.48. The maximum atomic E-state index is 2.78. The zero-order valence-corrected chi connectivity index (χ0v) is 10.8. The van der Waals surface area contributed by atoms with E-state index in [1.54, 1.807) is 0 Å². The van der Waals surface area contributed by atoms with Gasteiger partial charge in [-0.25, -0.2) is 0 Å². The van der Waals surface area contributed by atoms with Crippen LogP contribution in [0.25, 0.3) is 0 Å². The fourth-order valence-electron chi connectivity index (χ4n) is 3.68. The minimum Gasteiger partial charge on any atom is -0.304 e. The highest BCUT2D eigenvalue weighted by molar-refractivity contribution is 5.00. The molecule has 2 aliphatic rings. The second kappa shape index (κ2) is 4.06. The summed E-state index contributed by atoms with van der Waals surface area (Å²) >= 11 is 0. The zero-order chi connectivity index (χ0) is 11.1. The van der Waals surface area contributed by atoms with Gasteiger partial charge >= 0.3 is 0 Å². The topological polar surface area (TPSA) is 6.48 Å². The molecule has 2 saturated heterocycles. The molecule has 0 aliphatic carbocycles. The molecule has 0 aromatic rings. The molecule has 2 atom stereocenters. The molecule has 88 valence electrons. The number of rotatable bonds is 3. The van der Waals surface area contributed by atoms with Gasteiger partial charge in [0.15, 0.2) is 0 Å². The Kier molecular flexibility index (Phi) is 3.09. The van der Waals surface area contributed by atoms with Crippen molar-refractivity contribution in [1.82, 2.24) is 9.80 Å². The van der Waals surface area contributed by atoms with Crippen LogP contribution < -0.4 is 0 Å². The van der Waals surface area contributed by atoms with E-state index in [9.17, 15) is 0 Å². The number of hydrogen-bond acceptors (Lipinski definition) is 2. The molecule has 0 spiro atoms. The van der Waals surface area contributed by atoms with Crippen molar-refractivity contribution in [3.05, 3.63) is 0 Å². The predicted molar refractivity (Wildman–Crippen MR) is 65.1 cm³/mol. The predicted octanol–water partition coefficient (Wildman–Crippen LogP) is 2.20. The summed E-state index contributed by atoms with van der Waals surface area (Å²) in [5.41, 5.74) is 0.416. The Balaban J connectivity index is 2.04. The van der Waals surface area contributed by atoms with Gasteiger partial charge in [-0.1, -0.05) is 13.3 Å². The first-order valence-corrected chi connectivity index (χ1v) is 6.50. The van der Waals surface area contributed by atoms with E-state index in [0.717, 1.165) is 12.0 Å². The number of nitrogens with zero attached hydrogens (tertiary/aromatic N) is 2. The van der Waals surface area contributed by atoms with E-state index in [4.69, 9.17) is 0 Å². The highest BCUT2D eigenvalue weighted by Gasteiger charge is 2.44. The van der Waals surface area contributed by atoms with Crippen molar-refractivity contribution in [1.29, 1.82) is 0 Å². The maximum Gasteiger partial charge on any atom is 0.0269 e. The van der Waals surface area contributed by atoms with Crippen LogP contribution in [-0.2, 0) is 0 Å². The van der Waals surface area contributed by atoms with Crippen LogP contribution in [0.5, 0.6) is 0 Å². The van der Waals surface area contributed by atoms with Crippen LogP contribution in [-0.4, -0.2) is 48.1 Å². The summed E-state index contributed by atoms with van der Waals surface area (Å²) < 4.78 is 0. The van der Waals surface area contributed by atoms with Gasteiger partial charge in [-0.15, -0.1) is 0 Å². The van der Waals surface area contributed by atoms with E-state index in [1.807, 2.05) is 0 Å². The van der Waals surface area contributed by atoms with E-state index in [1.165, 1.54) is 38.9 Å². The number of likely N-dealkylation sites (tertiary alicyclic amines) is 2. The molecular formula is C13H26N2. The van der Waals surface area contributed by atoms with Crippen molar-refractivity contribution in [3.8, 4) is 0 Å². The summed E-state index contributed by atoms with van der Waals surface area (Å²) in [6.07, 6.45) is 4.05. The van der Waals surface area contributed by atoms with Crippen LogP contribution in [0.2, 0.25) is 0 Å². The minimum atomic E-state index is 0.416. The smallest absolute Gasteiger partial charge is 0.0269 e. The van der Waals surface area contributed by atoms with Crippen LogP contribution in [0.15, 0.2) is 0 Å². The van der Waals surface area contributed by atoms with Gasteiger partial charge < -0.3 is 4.90 Å². The number of fused-ring (bicyclic) bond motifs is 1. The fraction of sp³-hybridized carbons (Fsp3) is 1.00. The monoisotopic (exact) mass is 210 g/mol. The molecule has 2 heteroatoms. The molecule has 2 heterocycles. The van der Waals surface area contributed by atoms with Gasteiger partial charge in [0.1, 0.15) is 0 Å². The molecule has 0 radical (unpaired) electrons. The SMILES string of the molecule is CCCC(C)(C)N1CC[C@H]2CN(C)C[C@H]21. The summed E-state index contributed by atoms with van der Waals surface area (Å²) in [5.74, 6) is 0.950. The summed E-state index contributed by atoms with van der Waals surface area (Å²) in [4.78, 5) is 5.29. The molecule has 2 fully saturated rings. The van der Waals surface area contributed by atoms with Crippen LogP contribution in [0.4, 0.5) is 0 Å². The van der Waals surface area contributed by atoms with Crippen molar-refractivity contribution in [3.63, 3.8) is 0 Å². The molecule has 15 heavy (non-hydrogen) atoms. The summed E-state index contributed by atoms with van der Waals surface area (Å²) in [7, 11) is 2.27. The molecular weight excluding hydrogens is 184 g/mol. The molecule has 0 saturated carbocycles. The van der Waals surface area contributed by atoms with Gasteiger partial charge in [0.05, 0.1) is 0 Å². The minimum absolute atomic E-state index is 0.416. The third kappa shape index (κ3) is 2.07. The van der Waals surface area contributed by atoms with E-state index < -0.39 is 0 Å². The Hall–Kier alpha value is -0.0800. The second-order valence-corrected chi connectivity index (χ2v) is 6.09. The molecule has 0 aromatic carbocycles. The van der Waals surface area contributed by atoms with Crippen molar-refractivity contribution in [2.45, 2.75) is 51.6 Å². The Morgan fingerprint density at radius 3 is 2.67 bits per heavy atom. The van der Waals surface area contributed by atoms with Gasteiger partial charge in [-0.3, -0.25) is 4.90 Å². The van der Waals surface area contributed by atoms with E-state index in [2.05, 4.69) is 37.6 Å². The van der Waals surface area contributed by atoms with Gasteiger partial charge in [0.2, 0.25) is 0 Å². The molecule has 2 rings (SSSR count). The van der Waals surface area contributed by atoms with Gasteiger partial charge in [0.25, 0.3) is 0 Å². The Labute approximate surface area is 94.6 Å². The van der Waals surface area contributed by atoms with Crippen LogP contribution in [0.1, 0.15) is 40.0 Å². The molecule has 2 nitrogen and oxygen atoms in total. The summed E-state index contributed by atoms with van der Waals surface area (Å²) in [6.45, 7) is 11.1. The standard InChI is InChI=1S/C13H26N2/c1-5-7-13(2,3)15-8-6-11-9-14(4)10-12(11)15/h11-12H,5-10H2,1-4H3/t11-,12+/m0/s1. The van der Waals surface area contributed by atoms with Crippen molar-refractivity contribution < 1.29 is 0 Å². The largest absolute Gasteiger partial charge is 0.304 e. The number of hydrogen-bond donors (Lipinski definition) is 0. The summed E-state index contributed by atoms with van der Waals surface area (Å²) in [5, 5.41) is 0. The molecule has 0 N–H and O–H groups in total. The summed E-state index contributed by atoms with van der Waals surface area (Å²) in [6, 6.07) is 0.844. The Bertz CT molecular complexity index is 225. The van der Waals surface area contributed by atoms with E-state index in [-0.39, 0.29) is 0 Å². The van der Waals surface area contributed by atoms with Gasteiger partial charge in [0, 0.05) is 24.7 Å². The average molecular weight is 210 g/mol. The Morgan fingerprint density at radius 1 is 1.27 bits per heavy atom. The van der Waals surface area contributed by atoms with Crippen molar-refractivity contribution in [2.24, 2.45) is 5.92 Å². The molecule has 0 bridgehead atoms. The van der Waals surface area contributed by atoms with Crippen molar-refractivity contribution in [2.75, 3.05) is 26.7 Å². The zero-order valence-electron chi connectivity index (χ0n) is 10.8. The van der Waals surface area contributed by atoms with Gasteiger partial charge in [-0.05, 0) is 46.2 Å². The lowest BCUT2D eigenvalue weighted by molar-refractivity contribution is 0.0908. The Morgan fingerprint density at radius 2 is 2.00 bits per heavy atom. The average Bonchev–Trinajstić information content (AvgIpc) is 2.61. The van der Waals surface area contributed by atoms with Crippen LogP contribution in [0.3, 0.4) is 0 Å². The highest BCUT2D eigenvalue weighted by atomic mass is 15.3. The fourth-order valence-corrected chi connectivity index (χ4v) is 3.68. The maximum absolute atomic E-state index is 2.78. The lowest BCUT2D eigenvalue weighted by atomic mass is 9.94. The van der Waals surface area contributed by atoms with Gasteiger partial charge in [-0.2, -0.15) is 0 Å². The molecule has 0 aromatic heterocycles. The normalized spacial score (nSPS) is 33.6. The van der Waals surface area contributed by atoms with E-state index >= 15 is 0 Å².